The molecule has 9 atom stereocenters. The van der Waals surface area contributed by atoms with Crippen molar-refractivity contribution in [1.29, 1.82) is 0 Å². The van der Waals surface area contributed by atoms with Crippen LogP contribution in [0.15, 0.2) is 29.3 Å². The van der Waals surface area contributed by atoms with Gasteiger partial charge in [-0.3, -0.25) is 38.6 Å². The fourth-order valence-electron chi connectivity index (χ4n) is 9.41. The largest absolute Gasteiger partial charge is 0.508 e. The smallest absolute Gasteiger partial charge is 0.326 e. The average molecular weight is 955 g/mol. The summed E-state index contributed by atoms with van der Waals surface area (Å²) in [5, 5.41) is 44.2. The second kappa shape index (κ2) is 25.3. The van der Waals surface area contributed by atoms with Crippen LogP contribution in [0.25, 0.3) is 0 Å². The quantitative estimate of drug-likeness (QED) is 0.0301. The molecule has 23 nitrogen and oxygen atoms in total. The first-order valence-corrected chi connectivity index (χ1v) is 23.8. The summed E-state index contributed by atoms with van der Waals surface area (Å²) in [5.41, 5.74) is 17.4. The van der Waals surface area contributed by atoms with Gasteiger partial charge in [0.05, 0.1) is 12.1 Å². The molecule has 0 aliphatic carbocycles. The molecule has 7 amide bonds. The Hall–Kier alpha value is -6.07. The third-order valence-corrected chi connectivity index (χ3v) is 13.1. The van der Waals surface area contributed by atoms with Crippen LogP contribution in [0.5, 0.6) is 5.75 Å². The first-order valence-electron chi connectivity index (χ1n) is 23.8. The Kier molecular flexibility index (Phi) is 19.7. The zero-order chi connectivity index (χ0) is 49.5. The number of benzene rings is 1. The number of phenols is 1. The normalized spacial score (nSPS) is 22.4. The highest BCUT2D eigenvalue weighted by molar-refractivity contribution is 5.98. The van der Waals surface area contributed by atoms with Crippen LogP contribution in [0.2, 0.25) is 0 Å². The number of hydrogen-bond donors (Lipinski definition) is 11. The van der Waals surface area contributed by atoms with Gasteiger partial charge in [-0.1, -0.05) is 12.1 Å². The van der Waals surface area contributed by atoms with Crippen LogP contribution in [0, 0.1) is 0 Å². The molecule has 14 N–H and O–H groups in total. The number of carbonyl (C=O) groups excluding carboxylic acids is 7. The molecule has 68 heavy (non-hydrogen) atoms. The fraction of sp³-hybridized carbons (Fsp3) is 0.667. The van der Waals surface area contributed by atoms with E-state index in [4.69, 9.17) is 17.2 Å². The topological polar surface area (TPSA) is 358 Å². The maximum absolute atomic E-state index is 14.5. The van der Waals surface area contributed by atoms with Crippen molar-refractivity contribution in [2.24, 2.45) is 22.2 Å². The van der Waals surface area contributed by atoms with Crippen LogP contribution in [0.4, 0.5) is 0 Å². The third-order valence-electron chi connectivity index (χ3n) is 13.1. The van der Waals surface area contributed by atoms with Gasteiger partial charge in [-0.05, 0) is 121 Å². The number of guanidine groups is 1. The van der Waals surface area contributed by atoms with Crippen LogP contribution >= 0.6 is 0 Å². The molecule has 0 bridgehead atoms. The van der Waals surface area contributed by atoms with Gasteiger partial charge in [0.25, 0.3) is 0 Å². The number of nitrogens with zero attached hydrogens (tertiary/aromatic N) is 4. The molecule has 1 aromatic carbocycles. The molecule has 9 unspecified atom stereocenters. The van der Waals surface area contributed by atoms with Crippen molar-refractivity contribution in [1.82, 2.24) is 41.3 Å². The minimum absolute atomic E-state index is 0.0432. The van der Waals surface area contributed by atoms with Crippen molar-refractivity contribution >= 4 is 53.3 Å². The molecule has 0 radical (unpaired) electrons. The minimum Gasteiger partial charge on any atom is -0.508 e. The van der Waals surface area contributed by atoms with E-state index in [2.05, 4.69) is 31.6 Å². The SMILES string of the molecule is CC(O)C(NC(=O)C(CCCN=C(N)N)NC(=O)C(CCCCN)NC(=O)C1CCCN1C(=O)C1CCCN1C(=O)C(Cc1ccc(O)cc1)NC(=O)C1CCCN1)C(=O)N1CCCC1C(=O)O. The van der Waals surface area contributed by atoms with E-state index < -0.39 is 95.9 Å². The predicted molar refractivity (Wildman–Crippen MR) is 247 cm³/mol. The van der Waals surface area contributed by atoms with Gasteiger partial charge in [0, 0.05) is 32.6 Å². The van der Waals surface area contributed by atoms with Crippen molar-refractivity contribution in [3.63, 3.8) is 0 Å². The Morgan fingerprint density at radius 1 is 0.721 bits per heavy atom. The molecular formula is C45H70N12O11. The Labute approximate surface area is 395 Å². The van der Waals surface area contributed by atoms with Crippen LogP contribution in [-0.4, -0.2) is 177 Å². The zero-order valence-corrected chi connectivity index (χ0v) is 38.8. The number of carboxylic acids is 1. The molecule has 0 saturated carbocycles. The summed E-state index contributed by atoms with van der Waals surface area (Å²) in [4.78, 5) is 118. The first kappa shape index (κ1) is 52.9. The molecule has 4 saturated heterocycles. The van der Waals surface area contributed by atoms with E-state index in [1.165, 1.54) is 28.9 Å². The number of aliphatic hydroxyl groups excluding tert-OH is 1. The molecule has 4 fully saturated rings. The lowest BCUT2D eigenvalue weighted by molar-refractivity contribution is -0.150. The Morgan fingerprint density at radius 2 is 1.31 bits per heavy atom. The highest BCUT2D eigenvalue weighted by atomic mass is 16.4. The van der Waals surface area contributed by atoms with Gasteiger partial charge >= 0.3 is 5.97 Å². The minimum atomic E-state index is -1.55. The number of aliphatic carboxylic acids is 1. The summed E-state index contributed by atoms with van der Waals surface area (Å²) < 4.78 is 0. The third kappa shape index (κ3) is 14.2. The zero-order valence-electron chi connectivity index (χ0n) is 38.8. The first-order chi connectivity index (χ1) is 32.5. The number of rotatable bonds is 23. The fourth-order valence-corrected chi connectivity index (χ4v) is 9.41. The van der Waals surface area contributed by atoms with Gasteiger partial charge in [0.15, 0.2) is 5.96 Å². The van der Waals surface area contributed by atoms with E-state index in [1.807, 2.05) is 0 Å². The Bertz CT molecular complexity index is 1980. The van der Waals surface area contributed by atoms with Crippen LogP contribution in [0.3, 0.4) is 0 Å². The van der Waals surface area contributed by atoms with Crippen molar-refractivity contribution in [2.75, 3.05) is 39.3 Å². The van der Waals surface area contributed by atoms with Gasteiger partial charge in [-0.25, -0.2) is 4.79 Å². The molecule has 0 aromatic heterocycles. The summed E-state index contributed by atoms with van der Waals surface area (Å²) in [7, 11) is 0. The number of aromatic hydroxyl groups is 1. The second-order valence-electron chi connectivity index (χ2n) is 18.1. The van der Waals surface area contributed by atoms with Gasteiger partial charge in [0.2, 0.25) is 41.4 Å². The summed E-state index contributed by atoms with van der Waals surface area (Å²) in [5.74, 6) is -5.60. The molecule has 376 valence electrons. The summed E-state index contributed by atoms with van der Waals surface area (Å²) in [6.45, 7) is 2.90. The number of nitrogens with two attached hydrogens (primary N) is 3. The molecule has 4 heterocycles. The summed E-state index contributed by atoms with van der Waals surface area (Å²) >= 11 is 0. The number of nitrogens with one attached hydrogen (secondary N) is 5. The molecule has 5 rings (SSSR count). The van der Waals surface area contributed by atoms with E-state index >= 15 is 0 Å². The highest BCUT2D eigenvalue weighted by Crippen LogP contribution is 2.27. The van der Waals surface area contributed by atoms with E-state index in [0.29, 0.717) is 63.6 Å². The van der Waals surface area contributed by atoms with Crippen molar-refractivity contribution in [3.05, 3.63) is 29.8 Å². The number of aliphatic hydroxyl groups is 1. The highest BCUT2D eigenvalue weighted by Gasteiger charge is 2.45. The summed E-state index contributed by atoms with van der Waals surface area (Å²) in [6, 6.07) is -2.31. The Balaban J connectivity index is 1.30. The molecular weight excluding hydrogens is 885 g/mol. The van der Waals surface area contributed by atoms with Crippen molar-refractivity contribution < 1.29 is 53.7 Å². The Morgan fingerprint density at radius 3 is 1.93 bits per heavy atom. The van der Waals surface area contributed by atoms with Crippen molar-refractivity contribution in [2.45, 2.75) is 151 Å². The molecule has 4 aliphatic heterocycles. The molecule has 23 heteroatoms. The maximum Gasteiger partial charge on any atom is 0.326 e. The second-order valence-corrected chi connectivity index (χ2v) is 18.1. The lowest BCUT2D eigenvalue weighted by Gasteiger charge is -2.33. The number of likely N-dealkylation sites (tertiary alicyclic amines) is 3. The summed E-state index contributed by atoms with van der Waals surface area (Å²) in [6.07, 6.45) is 3.44. The average Bonchev–Trinajstić information content (AvgIpc) is 4.16. The number of hydrogen-bond acceptors (Lipinski definition) is 13. The van der Waals surface area contributed by atoms with Gasteiger partial charge in [-0.2, -0.15) is 0 Å². The van der Waals surface area contributed by atoms with E-state index in [-0.39, 0.29) is 82.3 Å². The van der Waals surface area contributed by atoms with Gasteiger partial charge in [-0.15, -0.1) is 0 Å². The lowest BCUT2D eigenvalue weighted by Crippen LogP contribution is -2.61. The lowest BCUT2D eigenvalue weighted by atomic mass is 10.0. The number of aliphatic imine (C=N–C) groups is 1. The van der Waals surface area contributed by atoms with E-state index in [9.17, 15) is 53.7 Å². The van der Waals surface area contributed by atoms with Gasteiger partial charge in [0.1, 0.15) is 48.0 Å². The number of amides is 7. The van der Waals surface area contributed by atoms with Crippen molar-refractivity contribution in [3.8, 4) is 5.75 Å². The monoisotopic (exact) mass is 955 g/mol. The molecule has 4 aliphatic rings. The predicted octanol–water partition coefficient (Wildman–Crippen LogP) is -2.75. The molecule has 1 aromatic rings. The molecule has 0 spiro atoms. The van der Waals surface area contributed by atoms with Crippen LogP contribution in [0.1, 0.15) is 96.0 Å². The van der Waals surface area contributed by atoms with Crippen LogP contribution in [-0.2, 0) is 44.8 Å². The van der Waals surface area contributed by atoms with Crippen LogP contribution < -0.4 is 43.8 Å². The van der Waals surface area contributed by atoms with E-state index in [1.54, 1.807) is 12.1 Å². The number of carbonyl (C=O) groups is 8. The number of phenolic OH excluding ortho intramolecular Hbond substituents is 1. The standard InChI is InChI=1S/C45H70N12O11/c1-26(58)36(43(66)57-24-8-14-35(57)44(67)68)54-39(62)31(11-5-21-50-45(47)48)51-38(61)30(9-2-3-19-46)52-40(63)33-12-6-22-55(33)42(65)34-13-7-23-56(34)41(64)32(25-27-15-17-28(59)18-16-27)53-37(60)29-10-4-20-49-29/h15-18,26,29-36,49,58-59H,2-14,19-25,46H2,1H3,(H,51,61)(H,52,63)(H,53,60)(H,54,62)(H,67,68)(H4,47,48,50). The maximum atomic E-state index is 14.5. The number of unbranched alkanes of at least 4 members (excludes halogenated alkanes) is 1. The van der Waals surface area contributed by atoms with Gasteiger partial charge < -0.3 is 73.8 Å². The number of carboxylic acid groups (broad SMARTS) is 1. The van der Waals surface area contributed by atoms with E-state index in [0.717, 1.165) is 11.3 Å².